The van der Waals surface area contributed by atoms with Gasteiger partial charge in [0.15, 0.2) is 9.84 Å². The van der Waals surface area contributed by atoms with E-state index in [1.54, 1.807) is 24.3 Å². The van der Waals surface area contributed by atoms with Gasteiger partial charge in [-0.1, -0.05) is 26.0 Å². The lowest BCUT2D eigenvalue weighted by atomic mass is 9.91. The molecule has 1 saturated heterocycles. The summed E-state index contributed by atoms with van der Waals surface area (Å²) in [7, 11) is -3.18. The zero-order valence-electron chi connectivity index (χ0n) is 13.0. The minimum Gasteiger partial charge on any atom is -0.387 e. The first-order valence-electron chi connectivity index (χ1n) is 7.46. The van der Waals surface area contributed by atoms with Crippen LogP contribution in [0.4, 0.5) is 0 Å². The van der Waals surface area contributed by atoms with Gasteiger partial charge in [0.25, 0.3) is 0 Å². The summed E-state index contributed by atoms with van der Waals surface area (Å²) in [6.07, 6.45) is 1.86. The Balaban J connectivity index is 2.01. The SMILES string of the molecule is CC1CC(C)CN(CC(O)c2ccc(S(C)(=O)=O)cc2)C1. The van der Waals surface area contributed by atoms with E-state index in [1.165, 1.54) is 12.7 Å². The van der Waals surface area contributed by atoms with Gasteiger partial charge in [0, 0.05) is 25.9 Å². The number of hydrogen-bond acceptors (Lipinski definition) is 4. The molecule has 0 aliphatic carbocycles. The number of aliphatic hydroxyl groups excluding tert-OH is 1. The molecule has 1 heterocycles. The van der Waals surface area contributed by atoms with Crippen LogP contribution in [-0.2, 0) is 9.84 Å². The van der Waals surface area contributed by atoms with E-state index in [9.17, 15) is 13.5 Å². The molecule has 2 rings (SSSR count). The Hall–Kier alpha value is -0.910. The molecule has 0 aromatic heterocycles. The van der Waals surface area contributed by atoms with Gasteiger partial charge in [0.2, 0.25) is 0 Å². The van der Waals surface area contributed by atoms with Crippen LogP contribution in [0.15, 0.2) is 29.2 Å². The van der Waals surface area contributed by atoms with Crippen molar-refractivity contribution in [2.45, 2.75) is 31.3 Å². The van der Waals surface area contributed by atoms with Crippen LogP contribution >= 0.6 is 0 Å². The van der Waals surface area contributed by atoms with E-state index < -0.39 is 15.9 Å². The van der Waals surface area contributed by atoms with Gasteiger partial charge in [0.05, 0.1) is 11.0 Å². The summed E-state index contributed by atoms with van der Waals surface area (Å²) in [6, 6.07) is 6.54. The Bertz CT molecular complexity index is 558. The first-order valence-corrected chi connectivity index (χ1v) is 9.35. The third-order valence-electron chi connectivity index (χ3n) is 4.07. The maximum Gasteiger partial charge on any atom is 0.175 e. The molecular weight excluding hydrogens is 286 g/mol. The van der Waals surface area contributed by atoms with E-state index in [0.29, 0.717) is 23.3 Å². The van der Waals surface area contributed by atoms with Crippen molar-refractivity contribution in [1.29, 1.82) is 0 Å². The van der Waals surface area contributed by atoms with E-state index >= 15 is 0 Å². The molecular formula is C16H25NO3S. The summed E-state index contributed by atoms with van der Waals surface area (Å²) in [5.41, 5.74) is 0.772. The summed E-state index contributed by atoms with van der Waals surface area (Å²) in [4.78, 5) is 2.59. The maximum atomic E-state index is 11.4. The van der Waals surface area contributed by atoms with Gasteiger partial charge in [-0.3, -0.25) is 4.90 Å². The highest BCUT2D eigenvalue weighted by Gasteiger charge is 2.23. The van der Waals surface area contributed by atoms with Crippen molar-refractivity contribution in [2.75, 3.05) is 25.9 Å². The number of β-amino-alcohol motifs (C(OH)–C–C–N with tert-alkyl or cyclic N) is 1. The number of likely N-dealkylation sites (tertiary alicyclic amines) is 1. The first-order chi connectivity index (χ1) is 9.75. The molecule has 0 saturated carbocycles. The van der Waals surface area contributed by atoms with Gasteiger partial charge in [0.1, 0.15) is 0 Å². The number of aliphatic hydroxyl groups is 1. The predicted octanol–water partition coefficient (Wildman–Crippen LogP) is 2.10. The number of piperidine rings is 1. The van der Waals surface area contributed by atoms with Gasteiger partial charge in [-0.15, -0.1) is 0 Å². The molecule has 0 radical (unpaired) electrons. The average molecular weight is 311 g/mol. The Morgan fingerprint density at radius 2 is 1.71 bits per heavy atom. The van der Waals surface area contributed by atoms with E-state index in [2.05, 4.69) is 18.7 Å². The van der Waals surface area contributed by atoms with Crippen LogP contribution in [0.5, 0.6) is 0 Å². The van der Waals surface area contributed by atoms with Crippen molar-refractivity contribution in [3.05, 3.63) is 29.8 Å². The second kappa shape index (κ2) is 6.46. The molecule has 1 aromatic carbocycles. The van der Waals surface area contributed by atoms with Crippen molar-refractivity contribution in [2.24, 2.45) is 11.8 Å². The number of hydrogen-bond donors (Lipinski definition) is 1. The highest BCUT2D eigenvalue weighted by molar-refractivity contribution is 7.90. The smallest absolute Gasteiger partial charge is 0.175 e. The summed E-state index contributed by atoms with van der Waals surface area (Å²) >= 11 is 0. The van der Waals surface area contributed by atoms with Gasteiger partial charge < -0.3 is 5.11 Å². The van der Waals surface area contributed by atoms with Crippen LogP contribution in [0, 0.1) is 11.8 Å². The molecule has 1 fully saturated rings. The highest BCUT2D eigenvalue weighted by atomic mass is 32.2. The third-order valence-corrected chi connectivity index (χ3v) is 5.20. The number of sulfone groups is 1. The molecule has 3 unspecified atom stereocenters. The highest BCUT2D eigenvalue weighted by Crippen LogP contribution is 2.24. The lowest BCUT2D eigenvalue weighted by molar-refractivity contribution is 0.0699. The Labute approximate surface area is 127 Å². The lowest BCUT2D eigenvalue weighted by Gasteiger charge is -2.36. The molecule has 1 aliphatic rings. The maximum absolute atomic E-state index is 11.4. The standard InChI is InChI=1S/C16H25NO3S/c1-12-8-13(2)10-17(9-12)11-16(18)14-4-6-15(7-5-14)21(3,19)20/h4-7,12-13,16,18H,8-11H2,1-3H3. The summed E-state index contributed by atoms with van der Waals surface area (Å²) in [5, 5.41) is 10.3. The molecule has 4 nitrogen and oxygen atoms in total. The normalized spacial score (nSPS) is 25.7. The monoisotopic (exact) mass is 311 g/mol. The van der Waals surface area contributed by atoms with Crippen molar-refractivity contribution < 1.29 is 13.5 Å². The van der Waals surface area contributed by atoms with Gasteiger partial charge in [-0.05, 0) is 36.0 Å². The molecule has 118 valence electrons. The third kappa shape index (κ3) is 4.53. The number of nitrogens with zero attached hydrogens (tertiary/aromatic N) is 1. The van der Waals surface area contributed by atoms with Crippen molar-refractivity contribution in [1.82, 2.24) is 4.90 Å². The quantitative estimate of drug-likeness (QED) is 0.925. The van der Waals surface area contributed by atoms with Crippen LogP contribution in [0.3, 0.4) is 0 Å². The van der Waals surface area contributed by atoms with Crippen LogP contribution in [0.1, 0.15) is 31.9 Å². The summed E-state index contributed by atoms with van der Waals surface area (Å²) in [5.74, 6) is 1.32. The topological polar surface area (TPSA) is 57.6 Å². The fourth-order valence-corrected chi connectivity index (χ4v) is 3.86. The van der Waals surface area contributed by atoms with E-state index in [-0.39, 0.29) is 0 Å². The molecule has 5 heteroatoms. The summed E-state index contributed by atoms with van der Waals surface area (Å²) < 4.78 is 22.9. The molecule has 21 heavy (non-hydrogen) atoms. The van der Waals surface area contributed by atoms with Crippen molar-refractivity contribution in [3.8, 4) is 0 Å². The Kier molecular flexibility index (Phi) is 5.07. The lowest BCUT2D eigenvalue weighted by Crippen LogP contribution is -2.40. The van der Waals surface area contributed by atoms with Crippen molar-refractivity contribution in [3.63, 3.8) is 0 Å². The Morgan fingerprint density at radius 3 is 2.19 bits per heavy atom. The minimum absolute atomic E-state index is 0.290. The van der Waals surface area contributed by atoms with E-state index in [1.807, 2.05) is 0 Å². The zero-order chi connectivity index (χ0) is 15.6. The zero-order valence-corrected chi connectivity index (χ0v) is 13.8. The molecule has 0 spiro atoms. The molecule has 1 aromatic rings. The van der Waals surface area contributed by atoms with Crippen LogP contribution < -0.4 is 0 Å². The first kappa shape index (κ1) is 16.5. The number of rotatable bonds is 4. The fourth-order valence-electron chi connectivity index (χ4n) is 3.23. The van der Waals surface area contributed by atoms with E-state index in [4.69, 9.17) is 0 Å². The second-order valence-electron chi connectivity index (χ2n) is 6.52. The van der Waals surface area contributed by atoms with Gasteiger partial charge in [-0.2, -0.15) is 0 Å². The predicted molar refractivity (Wildman–Crippen MR) is 83.9 cm³/mol. The number of benzene rings is 1. The van der Waals surface area contributed by atoms with Gasteiger partial charge in [-0.25, -0.2) is 8.42 Å². The Morgan fingerprint density at radius 1 is 1.19 bits per heavy atom. The average Bonchev–Trinajstić information content (AvgIpc) is 2.36. The summed E-state index contributed by atoms with van der Waals surface area (Å²) in [6.45, 7) is 7.13. The second-order valence-corrected chi connectivity index (χ2v) is 8.54. The minimum atomic E-state index is -3.18. The van der Waals surface area contributed by atoms with E-state index in [0.717, 1.165) is 18.7 Å². The molecule has 1 aliphatic heterocycles. The van der Waals surface area contributed by atoms with Crippen LogP contribution in [0.2, 0.25) is 0 Å². The molecule has 0 amide bonds. The fraction of sp³-hybridized carbons (Fsp3) is 0.625. The van der Waals surface area contributed by atoms with Gasteiger partial charge >= 0.3 is 0 Å². The van der Waals surface area contributed by atoms with Crippen LogP contribution in [0.25, 0.3) is 0 Å². The largest absolute Gasteiger partial charge is 0.387 e. The molecule has 0 bridgehead atoms. The molecule has 1 N–H and O–H groups in total. The van der Waals surface area contributed by atoms with Crippen LogP contribution in [-0.4, -0.2) is 44.3 Å². The van der Waals surface area contributed by atoms with Crippen molar-refractivity contribution >= 4 is 9.84 Å². The molecule has 3 atom stereocenters.